The Morgan fingerprint density at radius 2 is 0.759 bits per heavy atom. The third-order valence-electron chi connectivity index (χ3n) is 9.33. The summed E-state index contributed by atoms with van der Waals surface area (Å²) in [5.74, 6) is -0.107. The highest BCUT2D eigenvalue weighted by Crippen LogP contribution is 2.10. The van der Waals surface area contributed by atoms with Crippen molar-refractivity contribution in [1.29, 1.82) is 0 Å². The molecule has 0 aromatic carbocycles. The molecule has 0 aliphatic rings. The van der Waals surface area contributed by atoms with Gasteiger partial charge in [0.15, 0.2) is 0 Å². The highest BCUT2D eigenvalue weighted by molar-refractivity contribution is 5.76. The Kier molecular flexibility index (Phi) is 44.6. The first kappa shape index (κ1) is 54.3. The van der Waals surface area contributed by atoms with Gasteiger partial charge in [-0.05, 0) is 103 Å². The van der Waals surface area contributed by atoms with Crippen molar-refractivity contribution in [2.45, 2.75) is 180 Å². The molecule has 0 aliphatic heterocycles. The van der Waals surface area contributed by atoms with Crippen LogP contribution in [0.2, 0.25) is 0 Å². The van der Waals surface area contributed by atoms with Crippen LogP contribution in [0.4, 0.5) is 0 Å². The van der Waals surface area contributed by atoms with Gasteiger partial charge in [-0.1, -0.05) is 205 Å². The van der Waals surface area contributed by atoms with E-state index in [0.29, 0.717) is 6.42 Å². The average molecular weight is 796 g/mol. The van der Waals surface area contributed by atoms with E-state index in [0.717, 1.165) is 109 Å². The maximum Gasteiger partial charge on any atom is 0.220 e. The smallest absolute Gasteiger partial charge is 0.220 e. The van der Waals surface area contributed by atoms with E-state index in [1.807, 2.05) is 6.08 Å². The fourth-order valence-corrected chi connectivity index (χ4v) is 5.83. The molecule has 1 amide bonds. The van der Waals surface area contributed by atoms with Gasteiger partial charge in [-0.3, -0.25) is 4.79 Å². The summed E-state index contributed by atoms with van der Waals surface area (Å²) in [5, 5.41) is 22.8. The number of allylic oxidation sites excluding steroid dienone is 23. The molecule has 0 aromatic rings. The van der Waals surface area contributed by atoms with Crippen LogP contribution in [0.1, 0.15) is 168 Å². The SMILES string of the molecule is CC/C=C\C/C=C\C/C=C\C/C=C\C/C=C\C/C=C\C/C=C\C/C=C\C/C=C\C/C=C\C/C=C\CCCCCC(=O)NC(CO)C(O)/C=C/CCCCCCCCC. The van der Waals surface area contributed by atoms with Crippen LogP contribution in [-0.4, -0.2) is 34.9 Å². The van der Waals surface area contributed by atoms with Gasteiger partial charge in [0.2, 0.25) is 5.91 Å². The van der Waals surface area contributed by atoms with Crippen LogP contribution >= 0.6 is 0 Å². The minimum absolute atomic E-state index is 0.107. The predicted octanol–water partition coefficient (Wildman–Crippen LogP) is 14.9. The monoisotopic (exact) mass is 796 g/mol. The molecule has 0 aliphatic carbocycles. The van der Waals surface area contributed by atoms with Gasteiger partial charge in [-0.2, -0.15) is 0 Å². The summed E-state index contributed by atoms with van der Waals surface area (Å²) >= 11 is 0. The number of aliphatic hydroxyl groups is 2. The summed E-state index contributed by atoms with van der Waals surface area (Å²) in [6.45, 7) is 4.12. The molecule has 0 heterocycles. The van der Waals surface area contributed by atoms with Gasteiger partial charge >= 0.3 is 0 Å². The lowest BCUT2D eigenvalue weighted by Gasteiger charge is -2.19. The zero-order valence-electron chi connectivity index (χ0n) is 37.0. The number of aliphatic hydroxyl groups excluding tert-OH is 2. The third-order valence-corrected chi connectivity index (χ3v) is 9.33. The Balaban J connectivity index is 3.75. The van der Waals surface area contributed by atoms with E-state index in [2.05, 4.69) is 153 Å². The molecule has 0 fully saturated rings. The normalized spacial score (nSPS) is 14.3. The number of rotatable bonds is 39. The Hall–Kier alpha value is -3.73. The van der Waals surface area contributed by atoms with E-state index in [4.69, 9.17) is 0 Å². The number of hydrogen-bond donors (Lipinski definition) is 3. The van der Waals surface area contributed by atoms with E-state index in [1.165, 1.54) is 38.5 Å². The summed E-state index contributed by atoms with van der Waals surface area (Å²) in [5.41, 5.74) is 0. The predicted molar refractivity (Wildman–Crippen MR) is 257 cm³/mol. The van der Waals surface area contributed by atoms with Crippen molar-refractivity contribution in [2.24, 2.45) is 0 Å². The number of carbonyl (C=O) groups excluding carboxylic acids is 1. The molecule has 4 nitrogen and oxygen atoms in total. The van der Waals surface area contributed by atoms with Crippen molar-refractivity contribution in [3.63, 3.8) is 0 Å². The minimum atomic E-state index is -0.861. The summed E-state index contributed by atoms with van der Waals surface area (Å²) in [6.07, 6.45) is 76.8. The number of amides is 1. The lowest BCUT2D eigenvalue weighted by Crippen LogP contribution is -2.45. The molecule has 3 N–H and O–H groups in total. The van der Waals surface area contributed by atoms with E-state index in [1.54, 1.807) is 6.08 Å². The molecule has 2 atom stereocenters. The highest BCUT2D eigenvalue weighted by atomic mass is 16.3. The van der Waals surface area contributed by atoms with Crippen molar-refractivity contribution >= 4 is 5.91 Å². The molecular formula is C54H85NO3. The van der Waals surface area contributed by atoms with Crippen molar-refractivity contribution in [2.75, 3.05) is 6.61 Å². The molecule has 0 aromatic heterocycles. The largest absolute Gasteiger partial charge is 0.394 e. The fourth-order valence-electron chi connectivity index (χ4n) is 5.83. The number of nitrogens with one attached hydrogen (secondary N) is 1. The van der Waals surface area contributed by atoms with Crippen molar-refractivity contribution < 1.29 is 15.0 Å². The van der Waals surface area contributed by atoms with Gasteiger partial charge in [0, 0.05) is 6.42 Å². The average Bonchev–Trinajstić information content (AvgIpc) is 3.23. The molecule has 2 unspecified atom stereocenters. The maximum atomic E-state index is 12.3. The topological polar surface area (TPSA) is 69.6 Å². The zero-order chi connectivity index (χ0) is 42.1. The number of carbonyl (C=O) groups is 1. The van der Waals surface area contributed by atoms with Gasteiger partial charge in [-0.25, -0.2) is 0 Å². The summed E-state index contributed by atoms with van der Waals surface area (Å²) in [4.78, 5) is 12.3. The Morgan fingerprint density at radius 3 is 1.14 bits per heavy atom. The van der Waals surface area contributed by atoms with Crippen LogP contribution in [0.25, 0.3) is 0 Å². The first-order valence-electron chi connectivity index (χ1n) is 23.0. The molecule has 0 spiro atoms. The van der Waals surface area contributed by atoms with Crippen LogP contribution < -0.4 is 5.32 Å². The Labute approximate surface area is 357 Å². The minimum Gasteiger partial charge on any atom is -0.394 e. The molecule has 0 saturated carbocycles. The van der Waals surface area contributed by atoms with E-state index >= 15 is 0 Å². The van der Waals surface area contributed by atoms with Crippen LogP contribution in [0.15, 0.2) is 146 Å². The second-order valence-electron chi connectivity index (χ2n) is 14.7. The van der Waals surface area contributed by atoms with Gasteiger partial charge in [0.05, 0.1) is 18.8 Å². The first-order chi connectivity index (χ1) is 28.7. The van der Waals surface area contributed by atoms with Crippen LogP contribution in [0.3, 0.4) is 0 Å². The molecule has 58 heavy (non-hydrogen) atoms. The van der Waals surface area contributed by atoms with Crippen molar-refractivity contribution in [1.82, 2.24) is 5.32 Å². The van der Waals surface area contributed by atoms with Crippen molar-refractivity contribution in [3.05, 3.63) is 146 Å². The summed E-state index contributed by atoms with van der Waals surface area (Å²) < 4.78 is 0. The lowest BCUT2D eigenvalue weighted by atomic mass is 10.1. The van der Waals surface area contributed by atoms with E-state index in [-0.39, 0.29) is 12.5 Å². The molecule has 0 saturated heterocycles. The first-order valence-corrected chi connectivity index (χ1v) is 23.0. The van der Waals surface area contributed by atoms with Crippen molar-refractivity contribution in [3.8, 4) is 0 Å². The van der Waals surface area contributed by atoms with Crippen LogP contribution in [0.5, 0.6) is 0 Å². The molecular weight excluding hydrogens is 711 g/mol. The van der Waals surface area contributed by atoms with Crippen LogP contribution in [0, 0.1) is 0 Å². The quantitative estimate of drug-likeness (QED) is 0.0429. The Morgan fingerprint density at radius 1 is 0.431 bits per heavy atom. The number of unbranched alkanes of at least 4 members (excludes halogenated alkanes) is 10. The molecule has 0 radical (unpaired) electrons. The molecule has 0 rings (SSSR count). The zero-order valence-corrected chi connectivity index (χ0v) is 37.0. The number of hydrogen-bond acceptors (Lipinski definition) is 3. The van der Waals surface area contributed by atoms with Gasteiger partial charge in [0.1, 0.15) is 0 Å². The Bertz CT molecular complexity index is 1270. The standard InChI is InChI=1S/C54H85NO3/c1-3-5-7-9-11-13-14-15-16-17-18-19-20-21-22-23-24-25-26-27-28-29-30-31-32-33-34-35-36-37-38-39-40-42-44-46-48-50-54(58)55-52(51-56)53(57)49-47-45-43-41-12-10-8-6-4-2/h5,7,11,13,15-16,18-19,21-22,24-25,27-28,30-31,33-34,36-37,39-40,47,49,52-53,56-57H,3-4,6,8-10,12,14,17,20,23,26,29,32,35,38,41-46,48,50-51H2,1-2H3,(H,55,58)/b7-5-,13-11-,16-15-,19-18-,22-21-,25-24-,28-27-,31-30-,34-33-,37-36-,40-39-,49-47+. The molecule has 4 heteroatoms. The van der Waals surface area contributed by atoms with Crippen LogP contribution in [-0.2, 0) is 4.79 Å². The van der Waals surface area contributed by atoms with E-state index < -0.39 is 12.1 Å². The highest BCUT2D eigenvalue weighted by Gasteiger charge is 2.17. The van der Waals surface area contributed by atoms with Gasteiger partial charge in [-0.15, -0.1) is 0 Å². The van der Waals surface area contributed by atoms with Gasteiger partial charge < -0.3 is 15.5 Å². The second kappa shape index (κ2) is 47.6. The summed E-state index contributed by atoms with van der Waals surface area (Å²) in [6, 6.07) is -0.648. The molecule has 324 valence electrons. The molecule has 0 bridgehead atoms. The summed E-state index contributed by atoms with van der Waals surface area (Å²) in [7, 11) is 0. The fraction of sp³-hybridized carbons (Fsp3) is 0.537. The van der Waals surface area contributed by atoms with Gasteiger partial charge in [0.25, 0.3) is 0 Å². The maximum absolute atomic E-state index is 12.3. The lowest BCUT2D eigenvalue weighted by molar-refractivity contribution is -0.123. The van der Waals surface area contributed by atoms with E-state index in [9.17, 15) is 15.0 Å². The third kappa shape index (κ3) is 43.4. The second-order valence-corrected chi connectivity index (χ2v) is 14.7.